The van der Waals surface area contributed by atoms with Crippen LogP contribution in [0.2, 0.25) is 0 Å². The topological polar surface area (TPSA) is 77.0 Å². The number of carbonyl (C=O) groups excluding carboxylic acids is 2. The van der Waals surface area contributed by atoms with Crippen molar-refractivity contribution in [3.63, 3.8) is 0 Å². The molecule has 1 N–H and O–H groups in total. The number of hydrazone groups is 1. The second-order valence-corrected chi connectivity index (χ2v) is 4.97. The second-order valence-electron chi connectivity index (χ2n) is 4.03. The Labute approximate surface area is 131 Å². The number of hydrogen-bond acceptors (Lipinski definition) is 6. The standard InChI is InChI=1S/C15H14N2O4S/c1-2-20-15(19)17-16-10-11-5-7-12(8-6-11)21-14(18)13-4-3-9-22-13/h3-10H,2H2,1H3,(H,17,19). The van der Waals surface area contributed by atoms with E-state index >= 15 is 0 Å². The van der Waals surface area contributed by atoms with Crippen LogP contribution < -0.4 is 10.2 Å². The second kappa shape index (κ2) is 7.94. The van der Waals surface area contributed by atoms with Gasteiger partial charge in [0.25, 0.3) is 0 Å². The Kier molecular flexibility index (Phi) is 5.67. The molecule has 7 heteroatoms. The van der Waals surface area contributed by atoms with E-state index < -0.39 is 6.09 Å². The van der Waals surface area contributed by atoms with Crippen LogP contribution in [0.25, 0.3) is 0 Å². The molecule has 6 nitrogen and oxygen atoms in total. The first-order valence-electron chi connectivity index (χ1n) is 6.50. The van der Waals surface area contributed by atoms with Gasteiger partial charge < -0.3 is 9.47 Å². The normalized spacial score (nSPS) is 10.4. The molecule has 1 aromatic carbocycles. The average Bonchev–Trinajstić information content (AvgIpc) is 3.04. The van der Waals surface area contributed by atoms with Gasteiger partial charge in [0, 0.05) is 0 Å². The summed E-state index contributed by atoms with van der Waals surface area (Å²) in [6.07, 6.45) is 0.849. The Morgan fingerprint density at radius 2 is 2.05 bits per heavy atom. The first-order valence-corrected chi connectivity index (χ1v) is 7.38. The lowest BCUT2D eigenvalue weighted by Crippen LogP contribution is -2.18. The molecule has 1 aromatic heterocycles. The number of amides is 1. The zero-order chi connectivity index (χ0) is 15.8. The molecule has 0 saturated heterocycles. The monoisotopic (exact) mass is 318 g/mol. The zero-order valence-electron chi connectivity index (χ0n) is 11.8. The van der Waals surface area contributed by atoms with E-state index in [1.807, 2.05) is 5.38 Å². The van der Waals surface area contributed by atoms with Crippen molar-refractivity contribution in [2.45, 2.75) is 6.92 Å². The van der Waals surface area contributed by atoms with Gasteiger partial charge >= 0.3 is 12.1 Å². The number of ether oxygens (including phenoxy) is 2. The minimum atomic E-state index is -0.611. The number of benzene rings is 1. The van der Waals surface area contributed by atoms with Crippen molar-refractivity contribution in [2.24, 2.45) is 5.10 Å². The largest absolute Gasteiger partial charge is 0.449 e. The fourth-order valence-corrected chi connectivity index (χ4v) is 2.10. The highest BCUT2D eigenvalue weighted by atomic mass is 32.1. The summed E-state index contributed by atoms with van der Waals surface area (Å²) < 4.78 is 9.88. The maximum Gasteiger partial charge on any atom is 0.427 e. The molecule has 0 spiro atoms. The van der Waals surface area contributed by atoms with Gasteiger partial charge in [-0.25, -0.2) is 15.0 Å². The fourth-order valence-electron chi connectivity index (χ4n) is 1.50. The summed E-state index contributed by atoms with van der Waals surface area (Å²) in [4.78, 5) is 23.3. The molecular weight excluding hydrogens is 304 g/mol. The quantitative estimate of drug-likeness (QED) is 0.398. The smallest absolute Gasteiger partial charge is 0.427 e. The van der Waals surface area contributed by atoms with Gasteiger partial charge in [0.05, 0.1) is 12.8 Å². The summed E-state index contributed by atoms with van der Waals surface area (Å²) in [7, 11) is 0. The molecule has 22 heavy (non-hydrogen) atoms. The van der Waals surface area contributed by atoms with Gasteiger partial charge in [0.15, 0.2) is 0 Å². The molecule has 0 aliphatic carbocycles. The van der Waals surface area contributed by atoms with E-state index in [0.29, 0.717) is 10.6 Å². The first-order chi connectivity index (χ1) is 10.7. The van der Waals surface area contributed by atoms with Gasteiger partial charge in [0.1, 0.15) is 10.6 Å². The lowest BCUT2D eigenvalue weighted by molar-refractivity contribution is 0.0739. The van der Waals surface area contributed by atoms with Crippen molar-refractivity contribution in [2.75, 3.05) is 6.61 Å². The van der Waals surface area contributed by atoms with E-state index in [0.717, 1.165) is 5.56 Å². The summed E-state index contributed by atoms with van der Waals surface area (Å²) in [5, 5.41) is 5.55. The molecule has 114 valence electrons. The Bertz CT molecular complexity index is 651. The van der Waals surface area contributed by atoms with Gasteiger partial charge in [-0.1, -0.05) is 6.07 Å². The molecule has 2 aromatic rings. The van der Waals surface area contributed by atoms with Crippen LogP contribution in [0.4, 0.5) is 4.79 Å². The summed E-state index contributed by atoms with van der Waals surface area (Å²) >= 11 is 1.32. The zero-order valence-corrected chi connectivity index (χ0v) is 12.6. The summed E-state index contributed by atoms with van der Waals surface area (Å²) in [5.74, 6) is 0.0503. The SMILES string of the molecule is CCOC(=O)NN=Cc1ccc(OC(=O)c2cccs2)cc1. The Morgan fingerprint density at radius 1 is 1.27 bits per heavy atom. The van der Waals surface area contributed by atoms with Gasteiger partial charge in [-0.05, 0) is 48.2 Å². The summed E-state index contributed by atoms with van der Waals surface area (Å²) in [6.45, 7) is 1.99. The number of rotatable bonds is 5. The molecule has 2 rings (SSSR count). The van der Waals surface area contributed by atoms with Gasteiger partial charge in [0.2, 0.25) is 0 Å². The van der Waals surface area contributed by atoms with Crippen LogP contribution in [0, 0.1) is 0 Å². The number of hydrogen-bond donors (Lipinski definition) is 1. The van der Waals surface area contributed by atoms with Crippen LogP contribution in [-0.2, 0) is 4.74 Å². The van der Waals surface area contributed by atoms with E-state index in [-0.39, 0.29) is 12.6 Å². The van der Waals surface area contributed by atoms with Crippen LogP contribution in [-0.4, -0.2) is 24.9 Å². The Balaban J connectivity index is 1.89. The minimum absolute atomic E-state index is 0.283. The van der Waals surface area contributed by atoms with E-state index in [1.54, 1.807) is 43.3 Å². The number of carbonyl (C=O) groups is 2. The van der Waals surface area contributed by atoms with Crippen molar-refractivity contribution in [3.8, 4) is 5.75 Å². The van der Waals surface area contributed by atoms with Gasteiger partial charge in [-0.15, -0.1) is 11.3 Å². The van der Waals surface area contributed by atoms with E-state index in [2.05, 4.69) is 15.3 Å². The van der Waals surface area contributed by atoms with Crippen molar-refractivity contribution >= 4 is 29.6 Å². The molecule has 0 atom stereocenters. The highest BCUT2D eigenvalue weighted by Crippen LogP contribution is 2.16. The highest BCUT2D eigenvalue weighted by molar-refractivity contribution is 7.12. The predicted octanol–water partition coefficient (Wildman–Crippen LogP) is 3.05. The summed E-state index contributed by atoms with van der Waals surface area (Å²) in [6, 6.07) is 10.2. The molecule has 0 fully saturated rings. The molecule has 0 aliphatic rings. The predicted molar refractivity (Wildman–Crippen MR) is 83.5 cm³/mol. The fraction of sp³-hybridized carbons (Fsp3) is 0.133. The van der Waals surface area contributed by atoms with Gasteiger partial charge in [-0.3, -0.25) is 0 Å². The highest BCUT2D eigenvalue weighted by Gasteiger charge is 2.08. The third-order valence-electron chi connectivity index (χ3n) is 2.46. The van der Waals surface area contributed by atoms with Crippen LogP contribution in [0.15, 0.2) is 46.9 Å². The lowest BCUT2D eigenvalue weighted by Gasteiger charge is -2.03. The maximum absolute atomic E-state index is 11.8. The molecule has 1 amide bonds. The van der Waals surface area contributed by atoms with E-state index in [9.17, 15) is 9.59 Å². The molecule has 0 saturated carbocycles. The Morgan fingerprint density at radius 3 is 2.68 bits per heavy atom. The average molecular weight is 318 g/mol. The van der Waals surface area contributed by atoms with Crippen LogP contribution in [0.3, 0.4) is 0 Å². The van der Waals surface area contributed by atoms with Gasteiger partial charge in [-0.2, -0.15) is 5.10 Å². The van der Waals surface area contributed by atoms with Crippen molar-refractivity contribution in [1.29, 1.82) is 0 Å². The van der Waals surface area contributed by atoms with Crippen molar-refractivity contribution in [1.82, 2.24) is 5.43 Å². The molecule has 1 heterocycles. The number of esters is 1. The maximum atomic E-state index is 11.8. The van der Waals surface area contributed by atoms with Crippen LogP contribution in [0.1, 0.15) is 22.2 Å². The van der Waals surface area contributed by atoms with Crippen LogP contribution in [0.5, 0.6) is 5.75 Å². The molecule has 0 aliphatic heterocycles. The molecule has 0 bridgehead atoms. The van der Waals surface area contributed by atoms with E-state index in [1.165, 1.54) is 17.6 Å². The first kappa shape index (κ1) is 15.7. The van der Waals surface area contributed by atoms with Crippen LogP contribution >= 0.6 is 11.3 Å². The minimum Gasteiger partial charge on any atom is -0.449 e. The Hall–Kier alpha value is -2.67. The van der Waals surface area contributed by atoms with E-state index in [4.69, 9.17) is 4.74 Å². The molecular formula is C15H14N2O4S. The third kappa shape index (κ3) is 4.71. The molecule has 0 radical (unpaired) electrons. The van der Waals surface area contributed by atoms with Crippen molar-refractivity contribution in [3.05, 3.63) is 52.2 Å². The third-order valence-corrected chi connectivity index (χ3v) is 3.31. The van der Waals surface area contributed by atoms with Crippen molar-refractivity contribution < 1.29 is 19.1 Å². The number of nitrogens with one attached hydrogen (secondary N) is 1. The number of nitrogens with zero attached hydrogens (tertiary/aromatic N) is 1. The number of thiophene rings is 1. The summed E-state index contributed by atoms with van der Waals surface area (Å²) in [5.41, 5.74) is 2.96. The lowest BCUT2D eigenvalue weighted by atomic mass is 10.2. The molecule has 0 unspecified atom stereocenters.